The molecule has 0 aliphatic carbocycles. The second kappa shape index (κ2) is 4.80. The van der Waals surface area contributed by atoms with Gasteiger partial charge in [-0.25, -0.2) is 0 Å². The molecule has 0 aromatic heterocycles. The van der Waals surface area contributed by atoms with Crippen LogP contribution in [0, 0.1) is 6.92 Å². The van der Waals surface area contributed by atoms with Crippen LogP contribution < -0.4 is 0 Å². The van der Waals surface area contributed by atoms with Crippen molar-refractivity contribution in [2.24, 2.45) is 0 Å². The zero-order valence-corrected chi connectivity index (χ0v) is 11.0. The number of aryl methyl sites for hydroxylation is 1. The second-order valence-corrected chi connectivity index (χ2v) is 4.80. The van der Waals surface area contributed by atoms with Crippen molar-refractivity contribution in [2.45, 2.75) is 19.4 Å². The lowest BCUT2D eigenvalue weighted by atomic mass is 10.1. The van der Waals surface area contributed by atoms with Crippen molar-refractivity contribution < 1.29 is 9.59 Å². The van der Waals surface area contributed by atoms with Crippen molar-refractivity contribution in [1.82, 2.24) is 9.80 Å². The molecule has 2 rings (SSSR count). The topological polar surface area (TPSA) is 40.6 Å². The molecular weight excluding hydrogens is 228 g/mol. The van der Waals surface area contributed by atoms with Gasteiger partial charge in [-0.2, -0.15) is 0 Å². The van der Waals surface area contributed by atoms with Gasteiger partial charge in [-0.1, -0.05) is 18.2 Å². The molecule has 1 aliphatic heterocycles. The summed E-state index contributed by atoms with van der Waals surface area (Å²) in [4.78, 5) is 27.5. The van der Waals surface area contributed by atoms with Crippen LogP contribution in [0.4, 0.5) is 0 Å². The first kappa shape index (κ1) is 12.6. The fraction of sp³-hybridized carbons (Fsp3) is 0.429. The van der Waals surface area contributed by atoms with E-state index in [9.17, 15) is 9.59 Å². The Labute approximate surface area is 107 Å². The Kier molecular flexibility index (Phi) is 3.36. The lowest BCUT2D eigenvalue weighted by Crippen LogP contribution is -2.42. The first-order valence-corrected chi connectivity index (χ1v) is 6.10. The predicted molar refractivity (Wildman–Crippen MR) is 69.3 cm³/mol. The number of amides is 2. The van der Waals surface area contributed by atoms with E-state index < -0.39 is 0 Å². The molecule has 96 valence electrons. The average molecular weight is 246 g/mol. The molecule has 4 nitrogen and oxygen atoms in total. The zero-order valence-electron chi connectivity index (χ0n) is 11.0. The summed E-state index contributed by atoms with van der Waals surface area (Å²) in [5.74, 6) is -0.0545. The van der Waals surface area contributed by atoms with E-state index in [4.69, 9.17) is 0 Å². The van der Waals surface area contributed by atoms with Gasteiger partial charge < -0.3 is 9.80 Å². The standard InChI is InChI=1S/C14H18N2O2/c1-10-6-4-5-7-11(10)13(17)16(3)12-8-9-15(2)14(12)18/h4-7,12H,8-9H2,1-3H3/t12-/m1/s1. The van der Waals surface area contributed by atoms with Crippen LogP contribution in [0.15, 0.2) is 24.3 Å². The molecule has 1 aromatic rings. The summed E-state index contributed by atoms with van der Waals surface area (Å²) in [5, 5.41) is 0. The second-order valence-electron chi connectivity index (χ2n) is 4.80. The Balaban J connectivity index is 2.20. The Morgan fingerprint density at radius 2 is 2.06 bits per heavy atom. The van der Waals surface area contributed by atoms with E-state index in [1.807, 2.05) is 25.1 Å². The lowest BCUT2D eigenvalue weighted by molar-refractivity contribution is -0.130. The van der Waals surface area contributed by atoms with Crippen molar-refractivity contribution in [3.8, 4) is 0 Å². The minimum absolute atomic E-state index is 0.0273. The minimum Gasteiger partial charge on any atom is -0.344 e. The molecule has 1 atom stereocenters. The molecule has 0 spiro atoms. The molecule has 1 aliphatic rings. The Hall–Kier alpha value is -1.84. The SMILES string of the molecule is Cc1ccccc1C(=O)N(C)[C@@H]1CCN(C)C1=O. The molecule has 4 heteroatoms. The van der Waals surface area contributed by atoms with Crippen LogP contribution in [0.1, 0.15) is 22.3 Å². The number of carbonyl (C=O) groups is 2. The first-order chi connectivity index (χ1) is 8.52. The van der Waals surface area contributed by atoms with Crippen molar-refractivity contribution in [3.63, 3.8) is 0 Å². The lowest BCUT2D eigenvalue weighted by Gasteiger charge is -2.23. The van der Waals surface area contributed by atoms with E-state index in [1.54, 1.807) is 30.0 Å². The Morgan fingerprint density at radius 1 is 1.39 bits per heavy atom. The van der Waals surface area contributed by atoms with Gasteiger partial charge in [0.2, 0.25) is 5.91 Å². The Bertz CT molecular complexity index is 484. The van der Waals surface area contributed by atoms with Crippen LogP contribution in [-0.4, -0.2) is 48.3 Å². The van der Waals surface area contributed by atoms with Gasteiger partial charge in [0.05, 0.1) is 0 Å². The molecule has 0 N–H and O–H groups in total. The summed E-state index contributed by atoms with van der Waals surface area (Å²) in [7, 11) is 3.48. The monoisotopic (exact) mass is 246 g/mol. The van der Waals surface area contributed by atoms with Gasteiger partial charge in [0.15, 0.2) is 0 Å². The first-order valence-electron chi connectivity index (χ1n) is 6.10. The molecule has 1 saturated heterocycles. The summed E-state index contributed by atoms with van der Waals surface area (Å²) >= 11 is 0. The fourth-order valence-corrected chi connectivity index (χ4v) is 2.31. The Morgan fingerprint density at radius 3 is 2.61 bits per heavy atom. The summed E-state index contributed by atoms with van der Waals surface area (Å²) in [6.45, 7) is 2.62. The van der Waals surface area contributed by atoms with Crippen LogP contribution in [0.5, 0.6) is 0 Å². The number of nitrogens with zero attached hydrogens (tertiary/aromatic N) is 2. The molecule has 0 saturated carbocycles. The zero-order chi connectivity index (χ0) is 13.3. The van der Waals surface area contributed by atoms with Crippen molar-refractivity contribution >= 4 is 11.8 Å². The highest BCUT2D eigenvalue weighted by atomic mass is 16.2. The molecule has 1 aromatic carbocycles. The number of hydrogen-bond donors (Lipinski definition) is 0. The third-order valence-electron chi connectivity index (χ3n) is 3.56. The number of benzene rings is 1. The van der Waals surface area contributed by atoms with Gasteiger partial charge in [-0.05, 0) is 25.0 Å². The smallest absolute Gasteiger partial charge is 0.254 e. The molecular formula is C14H18N2O2. The fourth-order valence-electron chi connectivity index (χ4n) is 2.31. The van der Waals surface area contributed by atoms with Crippen LogP contribution in [-0.2, 0) is 4.79 Å². The third kappa shape index (κ3) is 2.10. The summed E-state index contributed by atoms with van der Waals surface area (Å²) in [5.41, 5.74) is 1.61. The summed E-state index contributed by atoms with van der Waals surface area (Å²) in [6, 6.07) is 7.14. The summed E-state index contributed by atoms with van der Waals surface area (Å²) in [6.07, 6.45) is 0.712. The van der Waals surface area contributed by atoms with Gasteiger partial charge in [0, 0.05) is 26.2 Å². The van der Waals surface area contributed by atoms with Crippen molar-refractivity contribution in [1.29, 1.82) is 0 Å². The molecule has 1 heterocycles. The van der Waals surface area contributed by atoms with E-state index in [0.29, 0.717) is 12.0 Å². The van der Waals surface area contributed by atoms with E-state index in [1.165, 1.54) is 0 Å². The van der Waals surface area contributed by atoms with Crippen LogP contribution in [0.2, 0.25) is 0 Å². The van der Waals surface area contributed by atoms with Crippen molar-refractivity contribution in [3.05, 3.63) is 35.4 Å². The van der Waals surface area contributed by atoms with Crippen LogP contribution in [0.25, 0.3) is 0 Å². The maximum Gasteiger partial charge on any atom is 0.254 e. The number of carbonyl (C=O) groups excluding carboxylic acids is 2. The highest BCUT2D eigenvalue weighted by Crippen LogP contribution is 2.18. The van der Waals surface area contributed by atoms with Gasteiger partial charge in [0.25, 0.3) is 5.91 Å². The average Bonchev–Trinajstić information content (AvgIpc) is 2.69. The highest BCUT2D eigenvalue weighted by Gasteiger charge is 2.34. The molecule has 1 fully saturated rings. The minimum atomic E-state index is -0.317. The van der Waals surface area contributed by atoms with E-state index in [-0.39, 0.29) is 17.9 Å². The van der Waals surface area contributed by atoms with E-state index in [2.05, 4.69) is 0 Å². The molecule has 0 bridgehead atoms. The maximum absolute atomic E-state index is 12.4. The normalized spacial score (nSPS) is 19.2. The van der Waals surface area contributed by atoms with Gasteiger partial charge in [-0.3, -0.25) is 9.59 Å². The van der Waals surface area contributed by atoms with Gasteiger partial charge >= 0.3 is 0 Å². The van der Waals surface area contributed by atoms with Gasteiger partial charge in [0.1, 0.15) is 6.04 Å². The molecule has 0 radical (unpaired) electrons. The van der Waals surface area contributed by atoms with Crippen LogP contribution in [0.3, 0.4) is 0 Å². The van der Waals surface area contributed by atoms with Gasteiger partial charge in [-0.15, -0.1) is 0 Å². The number of rotatable bonds is 2. The predicted octanol–water partition coefficient (Wildman–Crippen LogP) is 1.30. The summed E-state index contributed by atoms with van der Waals surface area (Å²) < 4.78 is 0. The quantitative estimate of drug-likeness (QED) is 0.789. The largest absolute Gasteiger partial charge is 0.344 e. The molecule has 18 heavy (non-hydrogen) atoms. The van der Waals surface area contributed by atoms with E-state index >= 15 is 0 Å². The third-order valence-corrected chi connectivity index (χ3v) is 3.56. The molecule has 2 amide bonds. The highest BCUT2D eigenvalue weighted by molar-refractivity contribution is 5.98. The van der Waals surface area contributed by atoms with Crippen LogP contribution >= 0.6 is 0 Å². The number of likely N-dealkylation sites (tertiary alicyclic amines) is 1. The van der Waals surface area contributed by atoms with E-state index in [0.717, 1.165) is 12.1 Å². The van der Waals surface area contributed by atoms with Crippen molar-refractivity contribution in [2.75, 3.05) is 20.6 Å². The molecule has 0 unspecified atom stereocenters. The maximum atomic E-state index is 12.4. The number of hydrogen-bond acceptors (Lipinski definition) is 2. The number of likely N-dealkylation sites (N-methyl/N-ethyl adjacent to an activating group) is 2.